The second-order valence-corrected chi connectivity index (χ2v) is 11.0. The van der Waals surface area contributed by atoms with Gasteiger partial charge in [0.1, 0.15) is 30.4 Å². The van der Waals surface area contributed by atoms with Crippen LogP contribution in [0.4, 0.5) is 4.79 Å². The molecule has 1 aliphatic heterocycles. The summed E-state index contributed by atoms with van der Waals surface area (Å²) >= 11 is 0. The van der Waals surface area contributed by atoms with Gasteiger partial charge < -0.3 is 33.5 Å². The largest absolute Gasteiger partial charge is 0.490 e. The number of ether oxygens (including phenoxy) is 4. The van der Waals surface area contributed by atoms with Crippen molar-refractivity contribution >= 4 is 16.9 Å². The number of piperidine rings is 1. The maximum absolute atomic E-state index is 11.9. The zero-order valence-corrected chi connectivity index (χ0v) is 25.1. The number of aromatic nitrogens is 1. The summed E-state index contributed by atoms with van der Waals surface area (Å²) < 4.78 is 29.3. The number of methoxy groups -OCH3 is 1. The van der Waals surface area contributed by atoms with Crippen molar-refractivity contribution in [2.24, 2.45) is 0 Å². The summed E-state index contributed by atoms with van der Waals surface area (Å²) in [7, 11) is 1.64. The third-order valence-electron chi connectivity index (χ3n) is 8.10. The molecule has 1 aliphatic rings. The smallest absolute Gasteiger partial charge is 0.407 e. The molecule has 4 aromatic carbocycles. The Hall–Kier alpha value is -4.86. The Balaban J connectivity index is 1.14. The van der Waals surface area contributed by atoms with Crippen molar-refractivity contribution in [3.05, 3.63) is 114 Å². The topological polar surface area (TPSA) is 103 Å². The summed E-state index contributed by atoms with van der Waals surface area (Å²) in [4.78, 5) is 13.3. The lowest BCUT2D eigenvalue weighted by atomic mass is 9.87. The van der Waals surface area contributed by atoms with Crippen LogP contribution in [0, 0.1) is 0 Å². The average molecular weight is 609 g/mol. The van der Waals surface area contributed by atoms with Crippen molar-refractivity contribution in [1.82, 2.24) is 10.1 Å². The van der Waals surface area contributed by atoms with E-state index < -0.39 is 6.09 Å². The van der Waals surface area contributed by atoms with Gasteiger partial charge in [-0.3, -0.25) is 0 Å². The number of nitrogens with zero attached hydrogens (tertiary/aromatic N) is 2. The highest BCUT2D eigenvalue weighted by atomic mass is 16.5. The molecule has 232 valence electrons. The van der Waals surface area contributed by atoms with Gasteiger partial charge in [0.2, 0.25) is 0 Å². The summed E-state index contributed by atoms with van der Waals surface area (Å²) in [6.07, 6.45) is -0.639. The molecule has 2 atom stereocenters. The van der Waals surface area contributed by atoms with Crippen molar-refractivity contribution in [3.63, 3.8) is 0 Å². The van der Waals surface area contributed by atoms with E-state index in [2.05, 4.69) is 11.2 Å². The quantitative estimate of drug-likeness (QED) is 0.149. The van der Waals surface area contributed by atoms with Crippen molar-refractivity contribution in [2.75, 3.05) is 33.4 Å². The third kappa shape index (κ3) is 7.28. The normalized spacial score (nSPS) is 16.5. The summed E-state index contributed by atoms with van der Waals surface area (Å²) in [5.41, 5.74) is 3.72. The van der Waals surface area contributed by atoms with Gasteiger partial charge in [-0.15, -0.1) is 0 Å². The Labute approximate surface area is 261 Å². The van der Waals surface area contributed by atoms with Gasteiger partial charge in [-0.25, -0.2) is 4.79 Å². The molecule has 0 bridgehead atoms. The van der Waals surface area contributed by atoms with E-state index >= 15 is 0 Å². The molecule has 0 saturated carbocycles. The van der Waals surface area contributed by atoms with Gasteiger partial charge in [-0.2, -0.15) is 0 Å². The van der Waals surface area contributed by atoms with Gasteiger partial charge in [0, 0.05) is 42.2 Å². The van der Waals surface area contributed by atoms with Gasteiger partial charge in [0.05, 0.1) is 25.9 Å². The molecule has 45 heavy (non-hydrogen) atoms. The lowest BCUT2D eigenvalue weighted by molar-refractivity contribution is -0.0206. The fourth-order valence-electron chi connectivity index (χ4n) is 5.73. The number of likely N-dealkylation sites (tertiary alicyclic amines) is 1. The van der Waals surface area contributed by atoms with E-state index in [4.69, 9.17) is 23.5 Å². The first-order valence-electron chi connectivity index (χ1n) is 15.0. The predicted molar refractivity (Wildman–Crippen MR) is 170 cm³/mol. The molecule has 1 amide bonds. The molecule has 1 fully saturated rings. The van der Waals surface area contributed by atoms with Crippen LogP contribution in [-0.2, 0) is 22.7 Å². The zero-order valence-electron chi connectivity index (χ0n) is 25.1. The summed E-state index contributed by atoms with van der Waals surface area (Å²) in [6, 6.07) is 31.8. The minimum atomic E-state index is -0.942. The molecule has 1 saturated heterocycles. The van der Waals surface area contributed by atoms with Gasteiger partial charge in [0.15, 0.2) is 5.76 Å². The molecular weight excluding hydrogens is 572 g/mol. The van der Waals surface area contributed by atoms with Crippen molar-refractivity contribution in [2.45, 2.75) is 31.7 Å². The molecule has 0 radical (unpaired) electrons. The zero-order chi connectivity index (χ0) is 31.0. The fourth-order valence-corrected chi connectivity index (χ4v) is 5.73. The van der Waals surface area contributed by atoms with Crippen LogP contribution in [0.2, 0.25) is 0 Å². The molecule has 9 nitrogen and oxygen atoms in total. The molecule has 0 spiro atoms. The maximum atomic E-state index is 11.9. The van der Waals surface area contributed by atoms with E-state index in [0.29, 0.717) is 37.7 Å². The monoisotopic (exact) mass is 608 g/mol. The number of amides is 1. The first-order valence-corrected chi connectivity index (χ1v) is 15.0. The van der Waals surface area contributed by atoms with Crippen LogP contribution in [0.3, 0.4) is 0 Å². The number of carbonyl (C=O) groups is 1. The predicted octanol–water partition coefficient (Wildman–Crippen LogP) is 7.15. The number of hydrogen-bond donors (Lipinski definition) is 1. The van der Waals surface area contributed by atoms with Crippen molar-refractivity contribution in [3.8, 4) is 22.8 Å². The van der Waals surface area contributed by atoms with Crippen LogP contribution in [0.25, 0.3) is 22.0 Å². The summed E-state index contributed by atoms with van der Waals surface area (Å²) in [5.74, 6) is 2.10. The van der Waals surface area contributed by atoms with Gasteiger partial charge >= 0.3 is 6.09 Å². The second kappa shape index (κ2) is 14.3. The van der Waals surface area contributed by atoms with Crippen LogP contribution < -0.4 is 9.47 Å². The van der Waals surface area contributed by atoms with Crippen molar-refractivity contribution < 1.29 is 33.4 Å². The third-order valence-corrected chi connectivity index (χ3v) is 8.10. The van der Waals surface area contributed by atoms with Crippen LogP contribution >= 0.6 is 0 Å². The number of carboxylic acid groups (broad SMARTS) is 1. The number of rotatable bonds is 12. The van der Waals surface area contributed by atoms with E-state index in [-0.39, 0.29) is 31.8 Å². The van der Waals surface area contributed by atoms with E-state index in [9.17, 15) is 9.90 Å². The summed E-state index contributed by atoms with van der Waals surface area (Å²) in [6.45, 7) is 2.13. The lowest BCUT2D eigenvalue weighted by Gasteiger charge is -2.37. The molecule has 2 heterocycles. The SMILES string of the molecule is COCCOc1c(COC2CN(C(=O)O)CCC2c2ccc(OCc3cc(-c4ccccc4)no3)cc2)ccc2ccccc12. The van der Waals surface area contributed by atoms with Crippen molar-refractivity contribution in [1.29, 1.82) is 0 Å². The number of fused-ring (bicyclic) bond motifs is 1. The second-order valence-electron chi connectivity index (χ2n) is 11.0. The minimum absolute atomic E-state index is 0.00988. The summed E-state index contributed by atoms with van der Waals surface area (Å²) in [5, 5.41) is 16.0. The van der Waals surface area contributed by atoms with Gasteiger partial charge in [-0.05, 0) is 29.5 Å². The highest BCUT2D eigenvalue weighted by molar-refractivity contribution is 5.89. The van der Waals surface area contributed by atoms with Crippen LogP contribution in [0.15, 0.2) is 102 Å². The maximum Gasteiger partial charge on any atom is 0.407 e. The van der Waals surface area contributed by atoms with E-state index in [1.54, 1.807) is 7.11 Å². The number of benzene rings is 4. The van der Waals surface area contributed by atoms with E-state index in [1.165, 1.54) is 4.90 Å². The molecule has 0 aliphatic carbocycles. The Kier molecular flexibility index (Phi) is 9.58. The highest BCUT2D eigenvalue weighted by Gasteiger charge is 2.33. The first kappa shape index (κ1) is 30.2. The number of hydrogen-bond acceptors (Lipinski definition) is 7. The van der Waals surface area contributed by atoms with E-state index in [0.717, 1.165) is 38.9 Å². The molecule has 1 aromatic heterocycles. The molecule has 9 heteroatoms. The average Bonchev–Trinajstić information content (AvgIpc) is 3.57. The lowest BCUT2D eigenvalue weighted by Crippen LogP contribution is -2.46. The first-order chi connectivity index (χ1) is 22.1. The van der Waals surface area contributed by atoms with Crippen LogP contribution in [0.5, 0.6) is 11.5 Å². The highest BCUT2D eigenvalue weighted by Crippen LogP contribution is 2.35. The molecular formula is C36H36N2O7. The molecule has 1 N–H and O–H groups in total. The van der Waals surface area contributed by atoms with Gasteiger partial charge in [-0.1, -0.05) is 84.0 Å². The standard InChI is InChI=1S/C36H36N2O7/c1-41-19-20-42-35-28(12-11-25-7-5-6-10-32(25)35)23-44-34-22-38(36(39)40)18-17-31(34)26-13-15-29(16-14-26)43-24-30-21-33(37-45-30)27-8-3-2-4-9-27/h2-16,21,31,34H,17-20,22-24H2,1H3,(H,39,40). The Morgan fingerprint density at radius 3 is 2.53 bits per heavy atom. The Bertz CT molecular complexity index is 1700. The van der Waals surface area contributed by atoms with Gasteiger partial charge in [0.25, 0.3) is 0 Å². The molecule has 5 aromatic rings. The van der Waals surface area contributed by atoms with Crippen LogP contribution in [0.1, 0.15) is 29.2 Å². The molecule has 2 unspecified atom stereocenters. The minimum Gasteiger partial charge on any atom is -0.490 e. The molecule has 6 rings (SSSR count). The Morgan fingerprint density at radius 2 is 1.73 bits per heavy atom. The fraction of sp³-hybridized carbons (Fsp3) is 0.278. The van der Waals surface area contributed by atoms with Crippen LogP contribution in [-0.4, -0.2) is 60.8 Å². The Morgan fingerprint density at radius 1 is 0.933 bits per heavy atom. The van der Waals surface area contributed by atoms with E-state index in [1.807, 2.05) is 91.0 Å².